The zero-order valence-electron chi connectivity index (χ0n) is 25.8. The Labute approximate surface area is 276 Å². The molecule has 3 aromatic heterocycles. The highest BCUT2D eigenvalue weighted by Crippen LogP contribution is 2.45. The summed E-state index contributed by atoms with van der Waals surface area (Å²) in [5.74, 6) is 0.615. The first-order valence-electron chi connectivity index (χ1n) is 16.2. The molecule has 3 heterocycles. The van der Waals surface area contributed by atoms with Crippen molar-refractivity contribution >= 4 is 54.5 Å². The van der Waals surface area contributed by atoms with Crippen LogP contribution in [0.25, 0.3) is 94.1 Å². The van der Waals surface area contributed by atoms with Crippen molar-refractivity contribution in [3.05, 3.63) is 164 Å². The van der Waals surface area contributed by atoms with E-state index in [0.717, 1.165) is 77.2 Å². The number of rotatable bonds is 4. The first-order chi connectivity index (χ1) is 23.8. The predicted molar refractivity (Wildman–Crippen MR) is 197 cm³/mol. The van der Waals surface area contributed by atoms with Crippen LogP contribution in [0.4, 0.5) is 0 Å². The van der Waals surface area contributed by atoms with E-state index in [4.69, 9.17) is 14.4 Å². The number of hydrogen-bond acceptors (Lipinski definition) is 3. The van der Waals surface area contributed by atoms with Gasteiger partial charge in [0.25, 0.3) is 0 Å². The Hall–Kier alpha value is -6.52. The Kier molecular flexibility index (Phi) is 5.84. The molecule has 0 aliphatic heterocycles. The quantitative estimate of drug-likeness (QED) is 0.198. The average molecular weight is 614 g/mol. The smallest absolute Gasteiger partial charge is 0.235 e. The minimum absolute atomic E-state index is 0.615. The molecular weight excluding hydrogens is 587 g/mol. The van der Waals surface area contributed by atoms with E-state index in [1.54, 1.807) is 0 Å². The van der Waals surface area contributed by atoms with Crippen LogP contribution in [0.15, 0.2) is 168 Å². The monoisotopic (exact) mass is 613 g/mol. The van der Waals surface area contributed by atoms with Gasteiger partial charge in [-0.3, -0.25) is 4.57 Å². The average Bonchev–Trinajstić information content (AvgIpc) is 3.72. The largest absolute Gasteiger partial charge is 0.455 e. The molecule has 0 saturated carbocycles. The van der Waals surface area contributed by atoms with Crippen molar-refractivity contribution in [3.63, 3.8) is 0 Å². The van der Waals surface area contributed by atoms with Gasteiger partial charge in [-0.05, 0) is 40.8 Å². The van der Waals surface area contributed by atoms with Gasteiger partial charge in [0.1, 0.15) is 11.2 Å². The Morgan fingerprint density at radius 3 is 1.79 bits per heavy atom. The Bertz CT molecular complexity index is 2830. The molecule has 48 heavy (non-hydrogen) atoms. The van der Waals surface area contributed by atoms with Gasteiger partial charge in [0, 0.05) is 32.7 Å². The summed E-state index contributed by atoms with van der Waals surface area (Å²) in [6.45, 7) is 0. The molecule has 0 radical (unpaired) electrons. The second kappa shape index (κ2) is 10.5. The summed E-state index contributed by atoms with van der Waals surface area (Å²) in [5, 5.41) is 6.69. The summed E-state index contributed by atoms with van der Waals surface area (Å²) in [7, 11) is 0. The SMILES string of the molecule is c1ccc(-c2cccc(-c3cc(-c4ccccc4)nc(-n4c5ccccc5c5c6ccccc6c6oc7ccccc7c6c54)n3)c2)cc1. The molecule has 0 saturated heterocycles. The van der Waals surface area contributed by atoms with Crippen LogP contribution in [-0.2, 0) is 0 Å². The molecular formula is C44H27N3O. The zero-order chi connectivity index (χ0) is 31.6. The molecule has 0 bridgehead atoms. The van der Waals surface area contributed by atoms with Crippen molar-refractivity contribution in [2.45, 2.75) is 0 Å². The zero-order valence-corrected chi connectivity index (χ0v) is 25.8. The minimum Gasteiger partial charge on any atom is -0.455 e. The Morgan fingerprint density at radius 2 is 1.00 bits per heavy atom. The van der Waals surface area contributed by atoms with Crippen molar-refractivity contribution < 1.29 is 4.42 Å². The van der Waals surface area contributed by atoms with Gasteiger partial charge in [-0.1, -0.05) is 140 Å². The van der Waals surface area contributed by atoms with Gasteiger partial charge in [-0.25, -0.2) is 9.97 Å². The van der Waals surface area contributed by atoms with E-state index in [-0.39, 0.29) is 0 Å². The lowest BCUT2D eigenvalue weighted by molar-refractivity contribution is 0.673. The maximum atomic E-state index is 6.65. The molecule has 0 atom stereocenters. The van der Waals surface area contributed by atoms with Crippen LogP contribution < -0.4 is 0 Å². The number of fused-ring (bicyclic) bond motifs is 10. The summed E-state index contributed by atoms with van der Waals surface area (Å²) in [4.78, 5) is 10.7. The number of aromatic nitrogens is 3. The van der Waals surface area contributed by atoms with Crippen LogP contribution in [0, 0.1) is 0 Å². The minimum atomic E-state index is 0.615. The third-order valence-corrected chi connectivity index (χ3v) is 9.40. The van der Waals surface area contributed by atoms with E-state index < -0.39 is 0 Å². The molecule has 0 unspecified atom stereocenters. The molecule has 4 nitrogen and oxygen atoms in total. The number of hydrogen-bond donors (Lipinski definition) is 0. The van der Waals surface area contributed by atoms with Gasteiger partial charge >= 0.3 is 0 Å². The van der Waals surface area contributed by atoms with Crippen molar-refractivity contribution in [3.8, 4) is 39.6 Å². The van der Waals surface area contributed by atoms with E-state index in [0.29, 0.717) is 5.95 Å². The highest BCUT2D eigenvalue weighted by Gasteiger charge is 2.24. The fraction of sp³-hybridized carbons (Fsp3) is 0. The lowest BCUT2D eigenvalue weighted by atomic mass is 9.99. The van der Waals surface area contributed by atoms with E-state index in [2.05, 4.69) is 144 Å². The normalized spacial score (nSPS) is 11.8. The first-order valence-corrected chi connectivity index (χ1v) is 16.2. The van der Waals surface area contributed by atoms with Gasteiger partial charge in [0.15, 0.2) is 0 Å². The van der Waals surface area contributed by atoms with Gasteiger partial charge in [0.2, 0.25) is 5.95 Å². The summed E-state index contributed by atoms with van der Waals surface area (Å²) >= 11 is 0. The van der Waals surface area contributed by atoms with Crippen LogP contribution >= 0.6 is 0 Å². The van der Waals surface area contributed by atoms with E-state index in [1.807, 2.05) is 24.3 Å². The molecule has 10 aromatic rings. The molecule has 7 aromatic carbocycles. The lowest BCUT2D eigenvalue weighted by Gasteiger charge is -2.13. The second-order valence-electron chi connectivity index (χ2n) is 12.2. The molecule has 0 spiro atoms. The van der Waals surface area contributed by atoms with Gasteiger partial charge in [-0.2, -0.15) is 0 Å². The second-order valence-corrected chi connectivity index (χ2v) is 12.2. The molecule has 10 rings (SSSR count). The molecule has 4 heteroatoms. The van der Waals surface area contributed by atoms with Crippen LogP contribution in [0.5, 0.6) is 0 Å². The number of benzene rings is 7. The van der Waals surface area contributed by atoms with Crippen LogP contribution in [0.1, 0.15) is 0 Å². The van der Waals surface area contributed by atoms with Crippen LogP contribution in [0.3, 0.4) is 0 Å². The fourth-order valence-corrected chi connectivity index (χ4v) is 7.25. The Balaban J connectivity index is 1.35. The molecule has 224 valence electrons. The molecule has 0 aliphatic carbocycles. The van der Waals surface area contributed by atoms with Gasteiger partial charge < -0.3 is 4.42 Å². The molecule has 0 fully saturated rings. The molecule has 0 N–H and O–H groups in total. The van der Waals surface area contributed by atoms with Crippen LogP contribution in [0.2, 0.25) is 0 Å². The highest BCUT2D eigenvalue weighted by atomic mass is 16.3. The summed E-state index contributed by atoms with van der Waals surface area (Å²) in [6.07, 6.45) is 0. The summed E-state index contributed by atoms with van der Waals surface area (Å²) in [6, 6.07) is 57.0. The third kappa shape index (κ3) is 4.03. The van der Waals surface area contributed by atoms with Gasteiger partial charge in [-0.15, -0.1) is 0 Å². The van der Waals surface area contributed by atoms with E-state index in [1.165, 1.54) is 10.9 Å². The Morgan fingerprint density at radius 1 is 0.417 bits per heavy atom. The predicted octanol–water partition coefficient (Wildman–Crippen LogP) is 11.6. The van der Waals surface area contributed by atoms with Gasteiger partial charge in [0.05, 0.1) is 27.8 Å². The summed E-state index contributed by atoms with van der Waals surface area (Å²) < 4.78 is 8.90. The third-order valence-electron chi connectivity index (χ3n) is 9.40. The van der Waals surface area contributed by atoms with Crippen molar-refractivity contribution in [2.24, 2.45) is 0 Å². The topological polar surface area (TPSA) is 43.9 Å². The standard InChI is InChI=1S/C44H27N3O/c1-3-14-28(15-4-1)30-18-13-19-31(26-30)37-27-36(29-16-5-2-6-17-29)45-44(46-37)47-38-24-11-9-22-34(38)40-32-20-7-8-21-33(32)43-41(42(40)47)35-23-10-12-25-39(35)48-43/h1-27H. The van der Waals surface area contributed by atoms with Crippen LogP contribution in [-0.4, -0.2) is 14.5 Å². The lowest BCUT2D eigenvalue weighted by Crippen LogP contribution is -2.04. The van der Waals surface area contributed by atoms with Crippen molar-refractivity contribution in [1.82, 2.24) is 14.5 Å². The number of furan rings is 1. The van der Waals surface area contributed by atoms with Crippen molar-refractivity contribution in [1.29, 1.82) is 0 Å². The van der Waals surface area contributed by atoms with E-state index >= 15 is 0 Å². The maximum absolute atomic E-state index is 6.65. The fourth-order valence-electron chi connectivity index (χ4n) is 7.25. The van der Waals surface area contributed by atoms with Crippen molar-refractivity contribution in [2.75, 3.05) is 0 Å². The summed E-state index contributed by atoms with van der Waals surface area (Å²) in [5.41, 5.74) is 9.92. The molecule has 0 aliphatic rings. The van der Waals surface area contributed by atoms with E-state index in [9.17, 15) is 0 Å². The first kappa shape index (κ1) is 26.7. The number of para-hydroxylation sites is 2. The highest BCUT2D eigenvalue weighted by molar-refractivity contribution is 6.35. The number of nitrogens with zero attached hydrogens (tertiary/aromatic N) is 3. The molecule has 0 amide bonds. The maximum Gasteiger partial charge on any atom is 0.235 e.